The van der Waals surface area contributed by atoms with Gasteiger partial charge in [0.2, 0.25) is 0 Å². The smallest absolute Gasteiger partial charge is 0.338 e. The maximum Gasteiger partial charge on any atom is 0.338 e. The first-order valence-electron chi connectivity index (χ1n) is 9.70. The number of esters is 1. The van der Waals surface area contributed by atoms with E-state index < -0.39 is 5.60 Å². The maximum atomic E-state index is 12.8. The summed E-state index contributed by atoms with van der Waals surface area (Å²) in [6.07, 6.45) is 7.60. The van der Waals surface area contributed by atoms with E-state index in [9.17, 15) is 9.59 Å². The molecule has 2 aliphatic heterocycles. The van der Waals surface area contributed by atoms with Gasteiger partial charge in [-0.2, -0.15) is 0 Å². The SMILES string of the molecule is C[C@@H]1C(=O)[C@H](C)[C@@H]2C=C[C@@]1([C@H]1CCCC[C@@H]1OC(=O)c1ccccc1)O2. The lowest BCUT2D eigenvalue weighted by atomic mass is 9.67. The third kappa shape index (κ3) is 2.71. The fourth-order valence-corrected chi connectivity index (χ4v) is 4.92. The second kappa shape index (κ2) is 6.66. The summed E-state index contributed by atoms with van der Waals surface area (Å²) >= 11 is 0. The van der Waals surface area contributed by atoms with Crippen molar-refractivity contribution in [1.29, 1.82) is 0 Å². The highest BCUT2D eigenvalue weighted by Gasteiger charge is 2.58. The Bertz CT molecular complexity index is 725. The first-order valence-corrected chi connectivity index (χ1v) is 9.70. The van der Waals surface area contributed by atoms with Crippen LogP contribution >= 0.6 is 0 Å². The number of carbonyl (C=O) groups excluding carboxylic acids is 2. The van der Waals surface area contributed by atoms with Crippen LogP contribution in [-0.2, 0) is 14.3 Å². The van der Waals surface area contributed by atoms with Crippen molar-refractivity contribution in [2.24, 2.45) is 17.8 Å². The van der Waals surface area contributed by atoms with Crippen molar-refractivity contribution in [3.63, 3.8) is 0 Å². The summed E-state index contributed by atoms with van der Waals surface area (Å²) in [5, 5.41) is 0. The number of ketones is 1. The molecule has 3 aliphatic rings. The van der Waals surface area contributed by atoms with Crippen LogP contribution in [0.15, 0.2) is 42.5 Å². The quantitative estimate of drug-likeness (QED) is 0.609. The third-order valence-electron chi connectivity index (χ3n) is 6.48. The molecule has 4 nitrogen and oxygen atoms in total. The van der Waals surface area contributed by atoms with E-state index in [0.717, 1.165) is 25.7 Å². The van der Waals surface area contributed by atoms with Crippen molar-refractivity contribution in [3.8, 4) is 0 Å². The molecule has 1 aromatic rings. The number of ether oxygens (including phenoxy) is 2. The first kappa shape index (κ1) is 17.5. The van der Waals surface area contributed by atoms with Gasteiger partial charge >= 0.3 is 5.97 Å². The molecule has 2 heterocycles. The van der Waals surface area contributed by atoms with E-state index in [1.54, 1.807) is 12.1 Å². The topological polar surface area (TPSA) is 52.6 Å². The van der Waals surface area contributed by atoms with Gasteiger partial charge in [-0.15, -0.1) is 0 Å². The summed E-state index contributed by atoms with van der Waals surface area (Å²) in [5.74, 6) is -0.332. The molecule has 0 aromatic heterocycles. The molecular weight excluding hydrogens is 328 g/mol. The van der Waals surface area contributed by atoms with Crippen LogP contribution in [0.1, 0.15) is 49.9 Å². The largest absolute Gasteiger partial charge is 0.458 e. The van der Waals surface area contributed by atoms with E-state index in [1.807, 2.05) is 38.1 Å². The minimum atomic E-state index is -0.629. The lowest BCUT2D eigenvalue weighted by molar-refractivity contribution is -0.182. The van der Waals surface area contributed by atoms with Crippen molar-refractivity contribution < 1.29 is 19.1 Å². The van der Waals surface area contributed by atoms with Gasteiger partial charge in [0.1, 0.15) is 17.5 Å². The molecule has 1 saturated heterocycles. The lowest BCUT2D eigenvalue weighted by Gasteiger charge is -2.49. The molecule has 2 fully saturated rings. The Kier molecular flexibility index (Phi) is 4.47. The van der Waals surface area contributed by atoms with E-state index in [1.165, 1.54) is 0 Å². The molecule has 0 amide bonds. The van der Waals surface area contributed by atoms with Gasteiger partial charge in [0.25, 0.3) is 0 Å². The third-order valence-corrected chi connectivity index (χ3v) is 6.48. The first-order chi connectivity index (χ1) is 12.5. The molecule has 26 heavy (non-hydrogen) atoms. The maximum absolute atomic E-state index is 12.8. The van der Waals surface area contributed by atoms with E-state index in [2.05, 4.69) is 6.08 Å². The highest BCUT2D eigenvalue weighted by atomic mass is 16.6. The summed E-state index contributed by atoms with van der Waals surface area (Å²) in [6, 6.07) is 9.10. The Labute approximate surface area is 154 Å². The van der Waals surface area contributed by atoms with E-state index in [0.29, 0.717) is 5.56 Å². The lowest BCUT2D eigenvalue weighted by Crippen LogP contribution is -2.57. The Morgan fingerprint density at radius 3 is 2.65 bits per heavy atom. The number of carbonyl (C=O) groups is 2. The van der Waals surface area contributed by atoms with Gasteiger partial charge in [-0.05, 0) is 31.4 Å². The van der Waals surface area contributed by atoms with Crippen molar-refractivity contribution in [1.82, 2.24) is 0 Å². The predicted molar refractivity (Wildman–Crippen MR) is 97.7 cm³/mol. The Morgan fingerprint density at radius 1 is 1.15 bits per heavy atom. The van der Waals surface area contributed by atoms with E-state index in [4.69, 9.17) is 9.47 Å². The van der Waals surface area contributed by atoms with Crippen LogP contribution in [0.2, 0.25) is 0 Å². The Hall–Kier alpha value is -1.94. The van der Waals surface area contributed by atoms with Crippen LogP contribution in [0, 0.1) is 17.8 Å². The molecule has 4 heteroatoms. The van der Waals surface area contributed by atoms with Crippen molar-refractivity contribution in [2.45, 2.75) is 57.3 Å². The molecule has 1 saturated carbocycles. The average molecular weight is 354 g/mol. The molecule has 4 rings (SSSR count). The molecule has 0 spiro atoms. The Balaban J connectivity index is 1.59. The second-order valence-electron chi connectivity index (χ2n) is 7.91. The van der Waals surface area contributed by atoms with Gasteiger partial charge in [-0.1, -0.05) is 50.6 Å². The molecule has 1 aromatic carbocycles. The van der Waals surface area contributed by atoms with Gasteiger partial charge in [-0.3, -0.25) is 4.79 Å². The van der Waals surface area contributed by atoms with Crippen molar-refractivity contribution in [3.05, 3.63) is 48.0 Å². The highest BCUT2D eigenvalue weighted by molar-refractivity contribution is 5.89. The standard InChI is InChI=1S/C22H26O4/c1-14-18-12-13-22(26-18,15(2)20(14)23)17-10-6-7-11-19(17)25-21(24)16-8-4-3-5-9-16/h3-5,8-9,12-15,17-19H,6-7,10-11H2,1-2H3/t14-,15-,17+,18+,19+,22-/m1/s1. The summed E-state index contributed by atoms with van der Waals surface area (Å²) in [7, 11) is 0. The molecule has 138 valence electrons. The summed E-state index contributed by atoms with van der Waals surface area (Å²) < 4.78 is 12.3. The van der Waals surface area contributed by atoms with E-state index in [-0.39, 0.29) is 41.7 Å². The molecule has 0 unspecified atom stereocenters. The van der Waals surface area contributed by atoms with Gasteiger partial charge < -0.3 is 9.47 Å². The molecule has 6 atom stereocenters. The monoisotopic (exact) mass is 354 g/mol. The average Bonchev–Trinajstić information content (AvgIpc) is 3.10. The zero-order valence-electron chi connectivity index (χ0n) is 15.4. The van der Waals surface area contributed by atoms with Crippen LogP contribution in [0.25, 0.3) is 0 Å². The van der Waals surface area contributed by atoms with E-state index >= 15 is 0 Å². The molecule has 0 radical (unpaired) electrons. The number of hydrogen-bond donors (Lipinski definition) is 0. The van der Waals surface area contributed by atoms with Crippen LogP contribution in [-0.4, -0.2) is 29.6 Å². The van der Waals surface area contributed by atoms with Crippen molar-refractivity contribution in [2.75, 3.05) is 0 Å². The molecule has 0 N–H and O–H groups in total. The van der Waals surface area contributed by atoms with Crippen LogP contribution < -0.4 is 0 Å². The second-order valence-corrected chi connectivity index (χ2v) is 7.91. The van der Waals surface area contributed by atoms with Gasteiger partial charge in [0, 0.05) is 17.8 Å². The number of Topliss-reactive ketones (excluding diaryl/α,β-unsaturated/α-hetero) is 1. The number of benzene rings is 1. The minimum Gasteiger partial charge on any atom is -0.458 e. The highest BCUT2D eigenvalue weighted by Crippen LogP contribution is 2.50. The van der Waals surface area contributed by atoms with Gasteiger partial charge in [0.05, 0.1) is 11.7 Å². The zero-order valence-corrected chi connectivity index (χ0v) is 15.4. The predicted octanol–water partition coefficient (Wildman–Crippen LogP) is 3.95. The zero-order chi connectivity index (χ0) is 18.3. The molecule has 1 aliphatic carbocycles. The summed E-state index contributed by atoms with van der Waals surface area (Å²) in [6.45, 7) is 3.91. The fraction of sp³-hybridized carbons (Fsp3) is 0.545. The number of fused-ring (bicyclic) bond motifs is 2. The number of rotatable bonds is 3. The minimum absolute atomic E-state index is 0.0246. The van der Waals surface area contributed by atoms with Crippen LogP contribution in [0.4, 0.5) is 0 Å². The summed E-state index contributed by atoms with van der Waals surface area (Å²) in [5.41, 5.74) is -0.0625. The van der Waals surface area contributed by atoms with Crippen LogP contribution in [0.5, 0.6) is 0 Å². The fourth-order valence-electron chi connectivity index (χ4n) is 4.92. The van der Waals surface area contributed by atoms with Crippen molar-refractivity contribution >= 4 is 11.8 Å². The Morgan fingerprint density at radius 2 is 1.88 bits per heavy atom. The number of hydrogen-bond acceptors (Lipinski definition) is 4. The normalized spacial score (nSPS) is 39.0. The molecule has 2 bridgehead atoms. The van der Waals surface area contributed by atoms with Gasteiger partial charge in [-0.25, -0.2) is 4.79 Å². The summed E-state index contributed by atoms with van der Waals surface area (Å²) in [4.78, 5) is 25.4. The molecular formula is C22H26O4. The van der Waals surface area contributed by atoms with Gasteiger partial charge in [0.15, 0.2) is 0 Å². The van der Waals surface area contributed by atoms with Crippen LogP contribution in [0.3, 0.4) is 0 Å².